The average molecular weight is 420 g/mol. The molecular weight excluding hydrogens is 398 g/mol. The number of hydrogen-bond acceptors (Lipinski definition) is 7. The number of rotatable bonds is 4. The molecule has 1 atom stereocenters. The molecule has 1 aliphatic rings. The van der Waals surface area contributed by atoms with Gasteiger partial charge in [-0.2, -0.15) is 0 Å². The summed E-state index contributed by atoms with van der Waals surface area (Å²) < 4.78 is 5.32. The van der Waals surface area contributed by atoms with Crippen LogP contribution in [0.2, 0.25) is 5.15 Å². The second-order valence-corrected chi connectivity index (χ2v) is 8.15. The molecule has 1 amide bonds. The Hall–Kier alpha value is -3.07. The lowest BCUT2D eigenvalue weighted by molar-refractivity contribution is -0.383. The molecule has 2 aromatic rings. The maximum absolute atomic E-state index is 12.1. The summed E-state index contributed by atoms with van der Waals surface area (Å²) in [6.07, 6.45) is 1.02. The zero-order valence-corrected chi connectivity index (χ0v) is 17.0. The van der Waals surface area contributed by atoms with Gasteiger partial charge in [0.1, 0.15) is 16.4 Å². The number of halogens is 1. The SMILES string of the molecule is CC(C)(C)OC(=O)NC1CCc2cc(Nc3nc(Cl)cc(N)c3[N+](=O)[O-])ccc21. The minimum atomic E-state index is -0.602. The lowest BCUT2D eigenvalue weighted by Gasteiger charge is -2.22. The van der Waals surface area contributed by atoms with Gasteiger partial charge < -0.3 is 21.1 Å². The number of anilines is 3. The third-order valence-corrected chi connectivity index (χ3v) is 4.54. The number of nitrogens with two attached hydrogens (primary N) is 1. The van der Waals surface area contributed by atoms with Crippen LogP contribution in [-0.2, 0) is 11.2 Å². The third-order valence-electron chi connectivity index (χ3n) is 4.35. The van der Waals surface area contributed by atoms with Crippen molar-refractivity contribution in [3.8, 4) is 0 Å². The summed E-state index contributed by atoms with van der Waals surface area (Å²) in [5.74, 6) is -0.0265. The van der Waals surface area contributed by atoms with Gasteiger partial charge in [0, 0.05) is 11.8 Å². The molecule has 1 aromatic heterocycles. The van der Waals surface area contributed by atoms with Gasteiger partial charge in [-0.25, -0.2) is 9.78 Å². The number of fused-ring (bicyclic) bond motifs is 1. The van der Waals surface area contributed by atoms with E-state index in [9.17, 15) is 14.9 Å². The number of nitrogens with one attached hydrogen (secondary N) is 2. The first-order valence-corrected chi connectivity index (χ1v) is 9.41. The summed E-state index contributed by atoms with van der Waals surface area (Å²) in [6.45, 7) is 5.43. The van der Waals surface area contributed by atoms with Crippen molar-refractivity contribution in [1.29, 1.82) is 0 Å². The van der Waals surface area contributed by atoms with Crippen LogP contribution >= 0.6 is 11.6 Å². The van der Waals surface area contributed by atoms with Gasteiger partial charge in [-0.15, -0.1) is 0 Å². The van der Waals surface area contributed by atoms with Gasteiger partial charge in [0.05, 0.1) is 11.0 Å². The van der Waals surface area contributed by atoms with Gasteiger partial charge in [-0.3, -0.25) is 10.1 Å². The molecule has 0 aliphatic heterocycles. The van der Waals surface area contributed by atoms with Crippen LogP contribution in [0.25, 0.3) is 0 Å². The van der Waals surface area contributed by atoms with Gasteiger partial charge in [-0.1, -0.05) is 17.7 Å². The van der Waals surface area contributed by atoms with Gasteiger partial charge in [0.2, 0.25) is 5.82 Å². The van der Waals surface area contributed by atoms with E-state index >= 15 is 0 Å². The number of aromatic nitrogens is 1. The number of nitrogen functional groups attached to an aromatic ring is 1. The van der Waals surface area contributed by atoms with Gasteiger partial charge in [0.15, 0.2) is 0 Å². The molecule has 4 N–H and O–H groups in total. The summed E-state index contributed by atoms with van der Waals surface area (Å²) in [5.41, 5.74) is 7.36. The van der Waals surface area contributed by atoms with Crippen LogP contribution in [0.3, 0.4) is 0 Å². The first kappa shape index (κ1) is 20.7. The Morgan fingerprint density at radius 2 is 2.10 bits per heavy atom. The number of hydrogen-bond donors (Lipinski definition) is 3. The van der Waals surface area contributed by atoms with Crippen LogP contribution in [0.1, 0.15) is 44.4 Å². The highest BCUT2D eigenvalue weighted by molar-refractivity contribution is 6.30. The number of amides is 1. The maximum Gasteiger partial charge on any atom is 0.408 e. The van der Waals surface area contributed by atoms with Crippen LogP contribution in [0.4, 0.5) is 27.7 Å². The van der Waals surface area contributed by atoms with E-state index < -0.39 is 16.6 Å². The van der Waals surface area contributed by atoms with Crippen LogP contribution in [0.15, 0.2) is 24.3 Å². The summed E-state index contributed by atoms with van der Waals surface area (Å²) in [7, 11) is 0. The largest absolute Gasteiger partial charge is 0.444 e. The molecule has 3 rings (SSSR count). The Balaban J connectivity index is 1.80. The molecule has 0 saturated heterocycles. The van der Waals surface area contributed by atoms with Crippen molar-refractivity contribution in [2.45, 2.75) is 45.3 Å². The van der Waals surface area contributed by atoms with Gasteiger partial charge in [0.25, 0.3) is 0 Å². The lowest BCUT2D eigenvalue weighted by atomic mass is 10.1. The summed E-state index contributed by atoms with van der Waals surface area (Å²) in [4.78, 5) is 26.8. The standard InChI is InChI=1S/C19H22ClN5O4/c1-19(2,3)29-18(26)23-14-7-4-10-8-11(5-6-12(10)14)22-17-16(25(27)28)13(21)9-15(20)24-17/h5-6,8-9,14H,4,7H2,1-3H3,(H,23,26)(H3,21,22,24). The number of nitro groups is 1. The first-order chi connectivity index (χ1) is 13.5. The molecule has 0 fully saturated rings. The Bertz CT molecular complexity index is 974. The summed E-state index contributed by atoms with van der Waals surface area (Å²) in [6, 6.07) is 6.58. The summed E-state index contributed by atoms with van der Waals surface area (Å²) >= 11 is 5.89. The Morgan fingerprint density at radius 1 is 1.38 bits per heavy atom. The molecule has 1 heterocycles. The normalized spacial score (nSPS) is 15.5. The van der Waals surface area contributed by atoms with Crippen LogP contribution in [-0.4, -0.2) is 21.6 Å². The van der Waals surface area contributed by atoms with E-state index in [-0.39, 0.29) is 28.4 Å². The van der Waals surface area contributed by atoms with Crippen LogP contribution in [0, 0.1) is 10.1 Å². The number of carbonyl (C=O) groups excluding carboxylic acids is 1. The molecule has 0 spiro atoms. The smallest absolute Gasteiger partial charge is 0.408 e. The minimum Gasteiger partial charge on any atom is -0.444 e. The van der Waals surface area contributed by atoms with Crippen molar-refractivity contribution in [3.63, 3.8) is 0 Å². The molecule has 0 bridgehead atoms. The lowest BCUT2D eigenvalue weighted by Crippen LogP contribution is -2.34. The highest BCUT2D eigenvalue weighted by atomic mass is 35.5. The van der Waals surface area contributed by atoms with E-state index in [4.69, 9.17) is 22.1 Å². The number of ether oxygens (including phenoxy) is 1. The molecule has 1 aliphatic carbocycles. The van der Waals surface area contributed by atoms with E-state index in [1.54, 1.807) is 6.07 Å². The van der Waals surface area contributed by atoms with Crippen molar-refractivity contribution in [2.75, 3.05) is 11.1 Å². The minimum absolute atomic E-state index is 0.0265. The summed E-state index contributed by atoms with van der Waals surface area (Å²) in [5, 5.41) is 17.2. The molecular formula is C19H22ClN5O4. The predicted octanol–water partition coefficient (Wildman–Crippen LogP) is 4.48. The van der Waals surface area contributed by atoms with Gasteiger partial charge in [-0.05, 0) is 56.9 Å². The fourth-order valence-corrected chi connectivity index (χ4v) is 3.44. The molecule has 154 valence electrons. The predicted molar refractivity (Wildman–Crippen MR) is 110 cm³/mol. The fourth-order valence-electron chi connectivity index (χ4n) is 3.24. The Labute approximate surface area is 172 Å². The Morgan fingerprint density at radius 3 is 2.76 bits per heavy atom. The second kappa shape index (κ2) is 7.75. The maximum atomic E-state index is 12.1. The second-order valence-electron chi connectivity index (χ2n) is 7.76. The van der Waals surface area contributed by atoms with E-state index in [0.717, 1.165) is 24.0 Å². The van der Waals surface area contributed by atoms with Crippen molar-refractivity contribution >= 4 is 40.6 Å². The van der Waals surface area contributed by atoms with Crippen molar-refractivity contribution in [3.05, 3.63) is 50.7 Å². The average Bonchev–Trinajstić information content (AvgIpc) is 2.94. The number of aryl methyl sites for hydroxylation is 1. The zero-order valence-electron chi connectivity index (χ0n) is 16.3. The van der Waals surface area contributed by atoms with E-state index in [0.29, 0.717) is 5.69 Å². The molecule has 1 aromatic carbocycles. The van der Waals surface area contributed by atoms with Crippen molar-refractivity contribution in [1.82, 2.24) is 10.3 Å². The third kappa shape index (κ3) is 4.86. The highest BCUT2D eigenvalue weighted by Gasteiger charge is 2.27. The quantitative estimate of drug-likeness (QED) is 0.378. The monoisotopic (exact) mass is 419 g/mol. The number of benzene rings is 1. The molecule has 10 heteroatoms. The number of nitrogens with zero attached hydrogens (tertiary/aromatic N) is 2. The van der Waals surface area contributed by atoms with E-state index in [2.05, 4.69) is 15.6 Å². The molecule has 29 heavy (non-hydrogen) atoms. The molecule has 9 nitrogen and oxygen atoms in total. The first-order valence-electron chi connectivity index (χ1n) is 9.03. The topological polar surface area (TPSA) is 132 Å². The van der Waals surface area contributed by atoms with Crippen molar-refractivity contribution < 1.29 is 14.5 Å². The molecule has 0 radical (unpaired) electrons. The van der Waals surface area contributed by atoms with Crippen molar-refractivity contribution in [2.24, 2.45) is 0 Å². The van der Waals surface area contributed by atoms with Gasteiger partial charge >= 0.3 is 11.8 Å². The molecule has 0 saturated carbocycles. The number of carbonyl (C=O) groups is 1. The Kier molecular flexibility index (Phi) is 5.52. The molecule has 1 unspecified atom stereocenters. The van der Waals surface area contributed by atoms with E-state index in [1.807, 2.05) is 32.9 Å². The van der Waals surface area contributed by atoms with E-state index in [1.165, 1.54) is 6.07 Å². The van der Waals surface area contributed by atoms with Crippen LogP contribution < -0.4 is 16.4 Å². The number of pyridine rings is 1. The highest BCUT2D eigenvalue weighted by Crippen LogP contribution is 2.36. The number of alkyl carbamates (subject to hydrolysis) is 1. The zero-order chi connectivity index (χ0) is 21.3. The fraction of sp³-hybridized carbons (Fsp3) is 0.368. The van der Waals surface area contributed by atoms with Crippen LogP contribution in [0.5, 0.6) is 0 Å².